The van der Waals surface area contributed by atoms with Crippen LogP contribution in [0.1, 0.15) is 38.1 Å². The van der Waals surface area contributed by atoms with Crippen molar-refractivity contribution in [1.29, 1.82) is 0 Å². The lowest BCUT2D eigenvalue weighted by Gasteiger charge is -2.42. The number of nitrogens with one attached hydrogen (secondary N) is 1. The SMILES string of the molecule is CCn1cnc(CNC(=O)[C@H]2OCC(=O)N(C(C)C)[C@@H]2c2ccccc2)c1. The van der Waals surface area contributed by atoms with Gasteiger partial charge in [-0.2, -0.15) is 0 Å². The van der Waals surface area contributed by atoms with Gasteiger partial charge < -0.3 is 19.5 Å². The third-order valence-corrected chi connectivity index (χ3v) is 4.71. The Morgan fingerprint density at radius 3 is 2.70 bits per heavy atom. The Balaban J connectivity index is 1.80. The van der Waals surface area contributed by atoms with Crippen molar-refractivity contribution in [2.75, 3.05) is 6.61 Å². The van der Waals surface area contributed by atoms with E-state index in [9.17, 15) is 9.59 Å². The van der Waals surface area contributed by atoms with Crippen LogP contribution in [0, 0.1) is 0 Å². The number of hydrogen-bond acceptors (Lipinski definition) is 4. The first-order valence-electron chi connectivity index (χ1n) is 9.27. The fourth-order valence-electron chi connectivity index (χ4n) is 3.39. The summed E-state index contributed by atoms with van der Waals surface area (Å²) in [6.45, 7) is 6.99. The normalized spacial score (nSPS) is 20.1. The number of ether oxygens (including phenoxy) is 1. The minimum atomic E-state index is -0.763. The van der Waals surface area contributed by atoms with Crippen LogP contribution >= 0.6 is 0 Å². The monoisotopic (exact) mass is 370 g/mol. The molecule has 1 aromatic carbocycles. The first-order valence-corrected chi connectivity index (χ1v) is 9.27. The second-order valence-electron chi connectivity index (χ2n) is 6.90. The third-order valence-electron chi connectivity index (χ3n) is 4.71. The van der Waals surface area contributed by atoms with Gasteiger partial charge in [0.25, 0.3) is 5.91 Å². The average Bonchev–Trinajstić information content (AvgIpc) is 3.14. The molecule has 0 unspecified atom stereocenters. The van der Waals surface area contributed by atoms with Crippen LogP contribution in [-0.4, -0.2) is 45.0 Å². The maximum absolute atomic E-state index is 12.9. The molecular formula is C20H26N4O3. The summed E-state index contributed by atoms with van der Waals surface area (Å²) in [5.74, 6) is -0.349. The molecule has 0 saturated carbocycles. The van der Waals surface area contributed by atoms with Crippen molar-refractivity contribution in [2.45, 2.75) is 52.0 Å². The van der Waals surface area contributed by atoms with Crippen LogP contribution in [0.2, 0.25) is 0 Å². The van der Waals surface area contributed by atoms with Gasteiger partial charge in [0.05, 0.1) is 24.6 Å². The number of aryl methyl sites for hydroxylation is 1. The number of carbonyl (C=O) groups is 2. The molecule has 2 atom stereocenters. The van der Waals surface area contributed by atoms with Gasteiger partial charge in [-0.3, -0.25) is 9.59 Å². The van der Waals surface area contributed by atoms with E-state index in [-0.39, 0.29) is 24.5 Å². The zero-order chi connectivity index (χ0) is 19.4. The van der Waals surface area contributed by atoms with Gasteiger partial charge in [0.2, 0.25) is 5.91 Å². The second-order valence-corrected chi connectivity index (χ2v) is 6.90. The first-order chi connectivity index (χ1) is 13.0. The number of benzene rings is 1. The molecule has 0 aliphatic carbocycles. The van der Waals surface area contributed by atoms with E-state index in [2.05, 4.69) is 10.3 Å². The zero-order valence-corrected chi connectivity index (χ0v) is 16.0. The second kappa shape index (κ2) is 8.35. The van der Waals surface area contributed by atoms with Crippen molar-refractivity contribution in [2.24, 2.45) is 0 Å². The Kier molecular flexibility index (Phi) is 5.91. The molecule has 1 N–H and O–H groups in total. The van der Waals surface area contributed by atoms with E-state index in [1.54, 1.807) is 11.2 Å². The van der Waals surface area contributed by atoms with E-state index >= 15 is 0 Å². The molecule has 2 amide bonds. The standard InChI is InChI=1S/C20H26N4O3/c1-4-23-11-16(22-13-23)10-21-20(26)19-18(15-8-6-5-7-9-15)24(14(2)3)17(25)12-27-19/h5-9,11,13-14,18-19H,4,10,12H2,1-3H3,(H,21,26)/t18-,19+/m1/s1. The molecule has 1 saturated heterocycles. The number of imidazole rings is 1. The Morgan fingerprint density at radius 1 is 1.33 bits per heavy atom. The molecule has 1 fully saturated rings. The highest BCUT2D eigenvalue weighted by Gasteiger charge is 2.42. The van der Waals surface area contributed by atoms with Crippen LogP contribution in [0.4, 0.5) is 0 Å². The molecule has 7 heteroatoms. The summed E-state index contributed by atoms with van der Waals surface area (Å²) in [4.78, 5) is 31.4. The largest absolute Gasteiger partial charge is 0.356 e. The summed E-state index contributed by atoms with van der Waals surface area (Å²) in [5.41, 5.74) is 1.67. The lowest BCUT2D eigenvalue weighted by Crippen LogP contribution is -2.56. The average molecular weight is 370 g/mol. The molecule has 2 aromatic rings. The summed E-state index contributed by atoms with van der Waals surface area (Å²) in [5, 5.41) is 2.90. The van der Waals surface area contributed by atoms with Gasteiger partial charge in [-0.15, -0.1) is 0 Å². The highest BCUT2D eigenvalue weighted by Crippen LogP contribution is 2.32. The van der Waals surface area contributed by atoms with E-state index < -0.39 is 12.1 Å². The topological polar surface area (TPSA) is 76.5 Å². The highest BCUT2D eigenvalue weighted by molar-refractivity contribution is 5.86. The summed E-state index contributed by atoms with van der Waals surface area (Å²) in [7, 11) is 0. The molecule has 7 nitrogen and oxygen atoms in total. The van der Waals surface area contributed by atoms with Crippen molar-refractivity contribution in [1.82, 2.24) is 19.8 Å². The van der Waals surface area contributed by atoms with Gasteiger partial charge in [-0.1, -0.05) is 30.3 Å². The molecular weight excluding hydrogens is 344 g/mol. The number of morpholine rings is 1. The minimum absolute atomic E-state index is 0.0397. The predicted octanol–water partition coefficient (Wildman–Crippen LogP) is 1.90. The van der Waals surface area contributed by atoms with Crippen LogP contribution in [0.3, 0.4) is 0 Å². The van der Waals surface area contributed by atoms with E-state index in [0.717, 1.165) is 17.8 Å². The predicted molar refractivity (Wildman–Crippen MR) is 101 cm³/mol. The molecule has 0 radical (unpaired) electrons. The smallest absolute Gasteiger partial charge is 0.252 e. The molecule has 1 aromatic heterocycles. The molecule has 27 heavy (non-hydrogen) atoms. The highest BCUT2D eigenvalue weighted by atomic mass is 16.5. The van der Waals surface area contributed by atoms with Gasteiger partial charge >= 0.3 is 0 Å². The zero-order valence-electron chi connectivity index (χ0n) is 16.0. The fourth-order valence-corrected chi connectivity index (χ4v) is 3.39. The summed E-state index contributed by atoms with van der Waals surface area (Å²) in [6.07, 6.45) is 2.88. The van der Waals surface area contributed by atoms with Crippen LogP contribution < -0.4 is 5.32 Å². The molecule has 3 rings (SSSR count). The van der Waals surface area contributed by atoms with Gasteiger partial charge in [-0.05, 0) is 26.3 Å². The maximum atomic E-state index is 12.9. The molecule has 1 aliphatic rings. The van der Waals surface area contributed by atoms with E-state index in [1.807, 2.05) is 61.9 Å². The Morgan fingerprint density at radius 2 is 2.07 bits per heavy atom. The minimum Gasteiger partial charge on any atom is -0.356 e. The number of nitrogens with zero attached hydrogens (tertiary/aromatic N) is 3. The Labute approximate surface area is 159 Å². The van der Waals surface area contributed by atoms with Crippen LogP contribution in [0.5, 0.6) is 0 Å². The van der Waals surface area contributed by atoms with Crippen molar-refractivity contribution < 1.29 is 14.3 Å². The van der Waals surface area contributed by atoms with Crippen molar-refractivity contribution in [3.63, 3.8) is 0 Å². The van der Waals surface area contributed by atoms with Gasteiger partial charge in [0.15, 0.2) is 6.10 Å². The molecule has 1 aliphatic heterocycles. The van der Waals surface area contributed by atoms with Crippen molar-refractivity contribution >= 4 is 11.8 Å². The summed E-state index contributed by atoms with van der Waals surface area (Å²) in [6, 6.07) is 9.06. The number of hydrogen-bond donors (Lipinski definition) is 1. The fraction of sp³-hybridized carbons (Fsp3) is 0.450. The number of amides is 2. The van der Waals surface area contributed by atoms with Crippen LogP contribution in [0.15, 0.2) is 42.9 Å². The van der Waals surface area contributed by atoms with Gasteiger partial charge in [0, 0.05) is 18.8 Å². The van der Waals surface area contributed by atoms with E-state index in [0.29, 0.717) is 6.54 Å². The molecule has 0 bridgehead atoms. The molecule has 2 heterocycles. The maximum Gasteiger partial charge on any atom is 0.252 e. The Hall–Kier alpha value is -2.67. The molecule has 0 spiro atoms. The van der Waals surface area contributed by atoms with Crippen molar-refractivity contribution in [3.05, 3.63) is 54.1 Å². The number of rotatable bonds is 6. The quantitative estimate of drug-likeness (QED) is 0.843. The third kappa shape index (κ3) is 4.19. The van der Waals surface area contributed by atoms with E-state index in [1.165, 1.54) is 0 Å². The number of aromatic nitrogens is 2. The lowest BCUT2D eigenvalue weighted by atomic mass is 9.96. The summed E-state index contributed by atoms with van der Waals surface area (Å²) >= 11 is 0. The summed E-state index contributed by atoms with van der Waals surface area (Å²) < 4.78 is 7.63. The van der Waals surface area contributed by atoms with E-state index in [4.69, 9.17) is 4.74 Å². The Bertz CT molecular complexity index is 788. The lowest BCUT2D eigenvalue weighted by molar-refractivity contribution is -0.167. The molecule has 144 valence electrons. The van der Waals surface area contributed by atoms with Gasteiger partial charge in [0.1, 0.15) is 6.61 Å². The van der Waals surface area contributed by atoms with Crippen LogP contribution in [0.25, 0.3) is 0 Å². The van der Waals surface area contributed by atoms with Crippen LogP contribution in [-0.2, 0) is 27.4 Å². The van der Waals surface area contributed by atoms with Gasteiger partial charge in [-0.25, -0.2) is 4.98 Å². The first kappa shape index (κ1) is 19.1. The van der Waals surface area contributed by atoms with Crippen molar-refractivity contribution in [3.8, 4) is 0 Å². The number of carbonyl (C=O) groups excluding carboxylic acids is 2.